The number of pyridine rings is 1. The van der Waals surface area contributed by atoms with E-state index < -0.39 is 0 Å². The number of rotatable bonds is 3. The van der Waals surface area contributed by atoms with E-state index in [1.54, 1.807) is 23.1 Å². The van der Waals surface area contributed by atoms with Crippen molar-refractivity contribution in [1.29, 1.82) is 0 Å². The molecule has 2 rings (SSSR count). The Morgan fingerprint density at radius 2 is 2.00 bits per heavy atom. The Balaban J connectivity index is 1.89. The highest BCUT2D eigenvalue weighted by atomic mass is 79.9. The molecule has 1 N–H and O–H groups in total. The molecule has 1 aromatic rings. The quantitative estimate of drug-likeness (QED) is 0.847. The summed E-state index contributed by atoms with van der Waals surface area (Å²) in [6.45, 7) is 5.06. The van der Waals surface area contributed by atoms with Crippen molar-refractivity contribution in [2.45, 2.75) is 32.7 Å². The molecular weight excluding hydrogens is 334 g/mol. The monoisotopic (exact) mass is 353 g/mol. The van der Waals surface area contributed by atoms with E-state index in [1.165, 1.54) is 0 Å². The number of hydrogen-bond donors (Lipinski definition) is 1. The van der Waals surface area contributed by atoms with Gasteiger partial charge in [-0.2, -0.15) is 0 Å². The number of piperidine rings is 1. The first-order valence-electron chi connectivity index (χ1n) is 7.19. The Bertz CT molecular complexity index is 525. The van der Waals surface area contributed by atoms with Crippen molar-refractivity contribution in [2.75, 3.05) is 13.1 Å². The Morgan fingerprint density at radius 3 is 2.57 bits per heavy atom. The highest BCUT2D eigenvalue weighted by Crippen LogP contribution is 2.15. The summed E-state index contributed by atoms with van der Waals surface area (Å²) in [5, 5.41) is 3.03. The Morgan fingerprint density at radius 1 is 1.33 bits per heavy atom. The zero-order valence-corrected chi connectivity index (χ0v) is 13.9. The van der Waals surface area contributed by atoms with Gasteiger partial charge in [0.05, 0.1) is 0 Å². The van der Waals surface area contributed by atoms with Crippen molar-refractivity contribution in [3.63, 3.8) is 0 Å². The molecule has 1 saturated heterocycles. The molecule has 1 aliphatic heterocycles. The van der Waals surface area contributed by atoms with Gasteiger partial charge < -0.3 is 10.2 Å². The van der Waals surface area contributed by atoms with Gasteiger partial charge in [-0.1, -0.05) is 19.9 Å². The van der Waals surface area contributed by atoms with E-state index in [9.17, 15) is 9.59 Å². The fourth-order valence-corrected chi connectivity index (χ4v) is 2.63. The lowest BCUT2D eigenvalue weighted by molar-refractivity contribution is -0.124. The molecule has 6 heteroatoms. The highest BCUT2D eigenvalue weighted by molar-refractivity contribution is 9.10. The van der Waals surface area contributed by atoms with E-state index >= 15 is 0 Å². The maximum absolute atomic E-state index is 12.3. The maximum Gasteiger partial charge on any atom is 0.272 e. The van der Waals surface area contributed by atoms with Gasteiger partial charge in [0.15, 0.2) is 0 Å². The molecule has 0 saturated carbocycles. The summed E-state index contributed by atoms with van der Waals surface area (Å²) in [5.41, 5.74) is 0.453. The number of amides is 2. The van der Waals surface area contributed by atoms with Crippen LogP contribution in [0.5, 0.6) is 0 Å². The Hall–Kier alpha value is -1.43. The van der Waals surface area contributed by atoms with Gasteiger partial charge in [0.1, 0.15) is 10.3 Å². The fourth-order valence-electron chi connectivity index (χ4n) is 2.28. The second-order valence-electron chi connectivity index (χ2n) is 5.58. The predicted molar refractivity (Wildman–Crippen MR) is 83.8 cm³/mol. The lowest BCUT2D eigenvalue weighted by Crippen LogP contribution is -2.47. The molecule has 2 amide bonds. The van der Waals surface area contributed by atoms with E-state index in [0.717, 1.165) is 12.8 Å². The van der Waals surface area contributed by atoms with E-state index in [2.05, 4.69) is 26.2 Å². The topological polar surface area (TPSA) is 62.3 Å². The van der Waals surface area contributed by atoms with Crippen LogP contribution in [0.25, 0.3) is 0 Å². The zero-order chi connectivity index (χ0) is 15.4. The van der Waals surface area contributed by atoms with Crippen LogP contribution in [0.3, 0.4) is 0 Å². The fraction of sp³-hybridized carbons (Fsp3) is 0.533. The molecule has 1 aromatic heterocycles. The predicted octanol–water partition coefficient (Wildman–Crippen LogP) is 2.22. The molecule has 114 valence electrons. The van der Waals surface area contributed by atoms with Crippen LogP contribution in [0.1, 0.15) is 37.2 Å². The van der Waals surface area contributed by atoms with Crippen LogP contribution in [0.2, 0.25) is 0 Å². The van der Waals surface area contributed by atoms with E-state index in [1.807, 2.05) is 13.8 Å². The molecule has 0 unspecified atom stereocenters. The van der Waals surface area contributed by atoms with Crippen LogP contribution in [0.4, 0.5) is 0 Å². The minimum absolute atomic E-state index is 0.00414. The van der Waals surface area contributed by atoms with Gasteiger partial charge in [-0.05, 0) is 40.9 Å². The van der Waals surface area contributed by atoms with Crippen LogP contribution >= 0.6 is 15.9 Å². The average Bonchev–Trinajstić information content (AvgIpc) is 2.47. The van der Waals surface area contributed by atoms with E-state index in [0.29, 0.717) is 23.4 Å². The molecule has 1 aliphatic rings. The van der Waals surface area contributed by atoms with Crippen molar-refractivity contribution < 1.29 is 9.59 Å². The number of nitrogens with one attached hydrogen (secondary N) is 1. The lowest BCUT2D eigenvalue weighted by atomic mass is 10.0. The minimum atomic E-state index is -0.0510. The number of likely N-dealkylation sites (tertiary alicyclic amines) is 1. The summed E-state index contributed by atoms with van der Waals surface area (Å²) < 4.78 is 0.660. The van der Waals surface area contributed by atoms with Crippen molar-refractivity contribution >= 4 is 27.7 Å². The molecule has 2 heterocycles. The van der Waals surface area contributed by atoms with Gasteiger partial charge in [-0.3, -0.25) is 9.59 Å². The van der Waals surface area contributed by atoms with Gasteiger partial charge in [-0.25, -0.2) is 4.98 Å². The summed E-state index contributed by atoms with van der Waals surface area (Å²) in [5.74, 6) is 0.0221. The molecule has 1 fully saturated rings. The summed E-state index contributed by atoms with van der Waals surface area (Å²) in [4.78, 5) is 30.0. The van der Waals surface area contributed by atoms with Crippen LogP contribution in [-0.2, 0) is 4.79 Å². The van der Waals surface area contributed by atoms with Gasteiger partial charge in [0.2, 0.25) is 5.91 Å². The molecule has 5 nitrogen and oxygen atoms in total. The second-order valence-corrected chi connectivity index (χ2v) is 6.39. The first kappa shape index (κ1) is 15.9. The van der Waals surface area contributed by atoms with Gasteiger partial charge in [0, 0.05) is 25.0 Å². The zero-order valence-electron chi connectivity index (χ0n) is 12.3. The Kier molecular flexibility index (Phi) is 5.33. The van der Waals surface area contributed by atoms with Crippen LogP contribution in [0.15, 0.2) is 22.8 Å². The number of halogens is 1. The van der Waals surface area contributed by atoms with Gasteiger partial charge >= 0.3 is 0 Å². The molecule has 0 bridgehead atoms. The van der Waals surface area contributed by atoms with Crippen molar-refractivity contribution in [3.05, 3.63) is 28.5 Å². The van der Waals surface area contributed by atoms with Gasteiger partial charge in [-0.15, -0.1) is 0 Å². The number of hydrogen-bond acceptors (Lipinski definition) is 3. The summed E-state index contributed by atoms with van der Waals surface area (Å²) in [7, 11) is 0. The summed E-state index contributed by atoms with van der Waals surface area (Å²) in [6.07, 6.45) is 1.58. The first-order valence-corrected chi connectivity index (χ1v) is 7.99. The molecule has 0 aliphatic carbocycles. The van der Waals surface area contributed by atoms with Gasteiger partial charge in [0.25, 0.3) is 5.91 Å². The van der Waals surface area contributed by atoms with E-state index in [-0.39, 0.29) is 23.8 Å². The minimum Gasteiger partial charge on any atom is -0.353 e. The number of nitrogens with zero attached hydrogens (tertiary/aromatic N) is 2. The third-order valence-electron chi connectivity index (χ3n) is 3.59. The number of aromatic nitrogens is 1. The molecule has 0 aromatic carbocycles. The van der Waals surface area contributed by atoms with Crippen molar-refractivity contribution in [1.82, 2.24) is 15.2 Å². The summed E-state index contributed by atoms with van der Waals surface area (Å²) >= 11 is 3.28. The second kappa shape index (κ2) is 7.02. The van der Waals surface area contributed by atoms with Crippen LogP contribution in [0, 0.1) is 5.92 Å². The average molecular weight is 354 g/mol. The first-order chi connectivity index (χ1) is 9.97. The van der Waals surface area contributed by atoms with Crippen molar-refractivity contribution in [3.8, 4) is 0 Å². The molecular formula is C15H20BrN3O2. The molecule has 0 atom stereocenters. The molecule has 21 heavy (non-hydrogen) atoms. The highest BCUT2D eigenvalue weighted by Gasteiger charge is 2.25. The maximum atomic E-state index is 12.3. The molecule has 0 radical (unpaired) electrons. The third-order valence-corrected chi connectivity index (χ3v) is 4.03. The number of carbonyl (C=O) groups is 2. The Labute approximate surface area is 133 Å². The third kappa shape index (κ3) is 4.27. The van der Waals surface area contributed by atoms with Crippen LogP contribution in [-0.4, -0.2) is 40.8 Å². The lowest BCUT2D eigenvalue weighted by Gasteiger charge is -2.32. The van der Waals surface area contributed by atoms with Crippen molar-refractivity contribution in [2.24, 2.45) is 5.92 Å². The smallest absolute Gasteiger partial charge is 0.272 e. The normalized spacial score (nSPS) is 16.1. The number of carbonyl (C=O) groups excluding carboxylic acids is 2. The van der Waals surface area contributed by atoms with E-state index in [4.69, 9.17) is 0 Å². The van der Waals surface area contributed by atoms with Crippen LogP contribution < -0.4 is 5.32 Å². The standard InChI is InChI=1S/C15H20BrN3O2/c1-10(2)14(20)17-11-6-8-19(9-7-11)15(21)12-4-3-5-13(16)18-12/h3-5,10-11H,6-9H2,1-2H3,(H,17,20). The summed E-state index contributed by atoms with van der Waals surface area (Å²) in [6, 6.07) is 5.49. The largest absolute Gasteiger partial charge is 0.353 e. The molecule has 0 spiro atoms. The SMILES string of the molecule is CC(C)C(=O)NC1CCN(C(=O)c2cccc(Br)n2)CC1.